The fourth-order valence-corrected chi connectivity index (χ4v) is 2.90. The van der Waals surface area contributed by atoms with Crippen LogP contribution in [0.3, 0.4) is 0 Å². The van der Waals surface area contributed by atoms with Gasteiger partial charge >= 0.3 is 0 Å². The van der Waals surface area contributed by atoms with Crippen LogP contribution >= 0.6 is 0 Å². The summed E-state index contributed by atoms with van der Waals surface area (Å²) in [6.07, 6.45) is 4.47. The van der Waals surface area contributed by atoms with E-state index in [1.54, 1.807) is 0 Å². The lowest BCUT2D eigenvalue weighted by Gasteiger charge is -2.37. The molecule has 1 saturated heterocycles. The second kappa shape index (κ2) is 6.50. The molecule has 1 aliphatic rings. The minimum absolute atomic E-state index is 0.228. The van der Waals surface area contributed by atoms with E-state index in [0.717, 1.165) is 31.9 Å². The summed E-state index contributed by atoms with van der Waals surface area (Å²) in [6, 6.07) is 0.586. The van der Waals surface area contributed by atoms with Gasteiger partial charge in [-0.2, -0.15) is 5.10 Å². The molecule has 0 radical (unpaired) electrons. The zero-order valence-electron chi connectivity index (χ0n) is 12.3. The number of aromatic nitrogens is 2. The molecule has 2 rings (SSSR count). The van der Waals surface area contributed by atoms with Crippen molar-refractivity contribution in [3.63, 3.8) is 0 Å². The molecule has 5 heteroatoms. The van der Waals surface area contributed by atoms with Crippen molar-refractivity contribution in [3.8, 4) is 0 Å². The Morgan fingerprint density at radius 3 is 2.58 bits per heavy atom. The largest absolute Gasteiger partial charge is 0.395 e. The number of nitrogens with zero attached hydrogens (tertiary/aromatic N) is 4. The molecule has 1 aromatic rings. The summed E-state index contributed by atoms with van der Waals surface area (Å²) in [7, 11) is 4.14. The predicted molar refractivity (Wildman–Crippen MR) is 76.0 cm³/mol. The first-order valence-corrected chi connectivity index (χ1v) is 7.12. The zero-order chi connectivity index (χ0) is 13.8. The summed E-state index contributed by atoms with van der Waals surface area (Å²) in [5.41, 5.74) is 2.37. The molecule has 0 bridgehead atoms. The molecule has 0 saturated carbocycles. The van der Waals surface area contributed by atoms with Gasteiger partial charge < -0.3 is 10.0 Å². The third-order valence-electron chi connectivity index (χ3n) is 4.08. The molecule has 1 aliphatic heterocycles. The topological polar surface area (TPSA) is 44.5 Å². The maximum atomic E-state index is 9.30. The highest BCUT2D eigenvalue weighted by atomic mass is 16.3. The molecular weight excluding hydrogens is 240 g/mol. The maximum Gasteiger partial charge on any atom is 0.0638 e. The summed E-state index contributed by atoms with van der Waals surface area (Å²) in [5.74, 6) is 0. The van der Waals surface area contributed by atoms with Gasteiger partial charge in [0.25, 0.3) is 0 Å². The van der Waals surface area contributed by atoms with Gasteiger partial charge in [-0.25, -0.2) is 0 Å². The van der Waals surface area contributed by atoms with Gasteiger partial charge in [-0.1, -0.05) is 0 Å². The van der Waals surface area contributed by atoms with Crippen LogP contribution in [0, 0.1) is 6.92 Å². The number of aliphatic hydroxyl groups excluding tert-OH is 1. The maximum absolute atomic E-state index is 9.30. The highest BCUT2D eigenvalue weighted by Gasteiger charge is 2.23. The first-order chi connectivity index (χ1) is 9.10. The standard InChI is InChI=1S/C14H26N4O/c1-12-13(10-17(3)15-12)11-18(8-9-19)14-4-6-16(2)7-5-14/h10,14,19H,4-9,11H2,1-3H3. The summed E-state index contributed by atoms with van der Waals surface area (Å²) in [6.45, 7) is 6.24. The van der Waals surface area contributed by atoms with Crippen LogP contribution in [0.5, 0.6) is 0 Å². The third-order valence-corrected chi connectivity index (χ3v) is 4.08. The van der Waals surface area contributed by atoms with Crippen LogP contribution < -0.4 is 0 Å². The number of aliphatic hydroxyl groups is 1. The average molecular weight is 266 g/mol. The Hall–Kier alpha value is -0.910. The molecule has 0 spiro atoms. The summed E-state index contributed by atoms with van der Waals surface area (Å²) in [5, 5.41) is 13.7. The number of likely N-dealkylation sites (tertiary alicyclic amines) is 1. The van der Waals surface area contributed by atoms with Crippen molar-refractivity contribution in [2.24, 2.45) is 7.05 Å². The van der Waals surface area contributed by atoms with E-state index in [1.807, 2.05) is 11.7 Å². The summed E-state index contributed by atoms with van der Waals surface area (Å²) < 4.78 is 1.87. The van der Waals surface area contributed by atoms with Gasteiger partial charge in [0, 0.05) is 37.9 Å². The molecule has 5 nitrogen and oxygen atoms in total. The van der Waals surface area contributed by atoms with E-state index in [9.17, 15) is 5.11 Å². The first-order valence-electron chi connectivity index (χ1n) is 7.12. The Morgan fingerprint density at radius 2 is 2.05 bits per heavy atom. The van der Waals surface area contributed by atoms with Crippen molar-refractivity contribution in [3.05, 3.63) is 17.5 Å². The fraction of sp³-hybridized carbons (Fsp3) is 0.786. The zero-order valence-corrected chi connectivity index (χ0v) is 12.3. The van der Waals surface area contributed by atoms with Crippen molar-refractivity contribution in [1.29, 1.82) is 0 Å². The Bertz CT molecular complexity index is 396. The van der Waals surface area contributed by atoms with E-state index in [0.29, 0.717) is 6.04 Å². The van der Waals surface area contributed by atoms with Crippen molar-refractivity contribution in [2.75, 3.05) is 33.3 Å². The molecule has 0 amide bonds. The lowest BCUT2D eigenvalue weighted by Crippen LogP contribution is -2.44. The van der Waals surface area contributed by atoms with E-state index in [-0.39, 0.29) is 6.61 Å². The monoisotopic (exact) mass is 266 g/mol. The van der Waals surface area contributed by atoms with Gasteiger partial charge in [-0.15, -0.1) is 0 Å². The van der Waals surface area contributed by atoms with Crippen LogP contribution in [0.2, 0.25) is 0 Å². The van der Waals surface area contributed by atoms with Gasteiger partial charge in [0.2, 0.25) is 0 Å². The number of rotatable bonds is 5. The van der Waals surface area contributed by atoms with Gasteiger partial charge in [0.1, 0.15) is 0 Å². The van der Waals surface area contributed by atoms with E-state index in [4.69, 9.17) is 0 Å². The van der Waals surface area contributed by atoms with E-state index in [2.05, 4.69) is 35.1 Å². The Kier molecular flexibility index (Phi) is 4.96. The average Bonchev–Trinajstić information content (AvgIpc) is 2.68. The fourth-order valence-electron chi connectivity index (χ4n) is 2.90. The molecule has 108 valence electrons. The molecule has 1 N–H and O–H groups in total. The third kappa shape index (κ3) is 3.78. The van der Waals surface area contributed by atoms with Gasteiger partial charge in [0.05, 0.1) is 12.3 Å². The lowest BCUT2D eigenvalue weighted by atomic mass is 10.0. The molecule has 0 unspecified atom stereocenters. The summed E-state index contributed by atoms with van der Waals surface area (Å²) >= 11 is 0. The van der Waals surface area contributed by atoms with Gasteiger partial charge in [-0.05, 0) is 39.9 Å². The Labute approximate surface area is 115 Å². The first kappa shape index (κ1) is 14.5. The number of hydrogen-bond acceptors (Lipinski definition) is 4. The van der Waals surface area contributed by atoms with Crippen LogP contribution in [0.4, 0.5) is 0 Å². The van der Waals surface area contributed by atoms with Crippen LogP contribution in [-0.4, -0.2) is 64.0 Å². The summed E-state index contributed by atoms with van der Waals surface area (Å²) in [4.78, 5) is 4.79. The minimum atomic E-state index is 0.228. The van der Waals surface area contributed by atoms with Crippen molar-refractivity contribution >= 4 is 0 Å². The number of hydrogen-bond donors (Lipinski definition) is 1. The Balaban J connectivity index is 2.01. The number of piperidine rings is 1. The SMILES string of the molecule is Cc1nn(C)cc1CN(CCO)C1CCN(C)CC1. The Morgan fingerprint density at radius 1 is 1.37 bits per heavy atom. The second-order valence-electron chi connectivity index (χ2n) is 5.64. The lowest BCUT2D eigenvalue weighted by molar-refractivity contribution is 0.0939. The molecule has 0 aromatic carbocycles. The smallest absolute Gasteiger partial charge is 0.0638 e. The molecule has 1 aromatic heterocycles. The normalized spacial score (nSPS) is 18.4. The van der Waals surface area contributed by atoms with Gasteiger partial charge in [-0.3, -0.25) is 9.58 Å². The molecular formula is C14H26N4O. The molecule has 19 heavy (non-hydrogen) atoms. The predicted octanol–water partition coefficient (Wildman–Crippen LogP) is 0.617. The molecule has 2 heterocycles. The quantitative estimate of drug-likeness (QED) is 0.848. The highest BCUT2D eigenvalue weighted by Crippen LogP contribution is 2.19. The van der Waals surface area contributed by atoms with E-state index < -0.39 is 0 Å². The molecule has 1 fully saturated rings. The van der Waals surface area contributed by atoms with E-state index >= 15 is 0 Å². The molecule has 0 aliphatic carbocycles. The number of aryl methyl sites for hydroxylation is 2. The van der Waals surface area contributed by atoms with Gasteiger partial charge in [0.15, 0.2) is 0 Å². The van der Waals surface area contributed by atoms with Crippen molar-refractivity contribution in [1.82, 2.24) is 19.6 Å². The van der Waals surface area contributed by atoms with Crippen LogP contribution in [-0.2, 0) is 13.6 Å². The minimum Gasteiger partial charge on any atom is -0.395 e. The second-order valence-corrected chi connectivity index (χ2v) is 5.64. The van der Waals surface area contributed by atoms with E-state index in [1.165, 1.54) is 18.4 Å². The van der Waals surface area contributed by atoms with Crippen molar-refractivity contribution in [2.45, 2.75) is 32.4 Å². The van der Waals surface area contributed by atoms with Crippen LogP contribution in [0.15, 0.2) is 6.20 Å². The highest BCUT2D eigenvalue weighted by molar-refractivity contribution is 5.15. The molecule has 0 atom stereocenters. The van der Waals surface area contributed by atoms with Crippen molar-refractivity contribution < 1.29 is 5.11 Å². The van der Waals surface area contributed by atoms with Crippen LogP contribution in [0.1, 0.15) is 24.1 Å². The van der Waals surface area contributed by atoms with Crippen LogP contribution in [0.25, 0.3) is 0 Å².